The Bertz CT molecular complexity index is 1790. The maximum atomic E-state index is 7.17. The van der Waals surface area contributed by atoms with Crippen LogP contribution in [0.2, 0.25) is 0 Å². The van der Waals surface area contributed by atoms with Gasteiger partial charge in [0.1, 0.15) is 16.9 Å². The van der Waals surface area contributed by atoms with Crippen molar-refractivity contribution in [3.8, 4) is 44.7 Å². The zero-order valence-electron chi connectivity index (χ0n) is 20.5. The third-order valence-electron chi connectivity index (χ3n) is 8.14. The van der Waals surface area contributed by atoms with E-state index in [9.17, 15) is 0 Å². The van der Waals surface area contributed by atoms with Crippen LogP contribution in [0.1, 0.15) is 28.0 Å². The summed E-state index contributed by atoms with van der Waals surface area (Å²) in [6.45, 7) is 2.16. The summed E-state index contributed by atoms with van der Waals surface area (Å²) in [6.07, 6.45) is 0. The molecule has 2 aliphatic rings. The fourth-order valence-electron chi connectivity index (χ4n) is 6.74. The van der Waals surface area contributed by atoms with Gasteiger partial charge in [0.2, 0.25) is 0 Å². The first kappa shape index (κ1) is 20.6. The van der Waals surface area contributed by atoms with E-state index in [1.54, 1.807) is 0 Å². The lowest BCUT2D eigenvalue weighted by atomic mass is 9.73. The molecule has 0 aliphatic heterocycles. The molecule has 0 unspecified atom stereocenters. The second-order valence-corrected chi connectivity index (χ2v) is 10.1. The van der Waals surface area contributed by atoms with Gasteiger partial charge in [-0.3, -0.25) is 0 Å². The molecular formula is C36H24O. The first-order valence-electron chi connectivity index (χ1n) is 12.9. The second-order valence-electron chi connectivity index (χ2n) is 10.1. The fourth-order valence-corrected chi connectivity index (χ4v) is 6.74. The van der Waals surface area contributed by atoms with Gasteiger partial charge in [0.25, 0.3) is 0 Å². The predicted octanol–water partition coefficient (Wildman–Crippen LogP) is 9.27. The Labute approximate surface area is 216 Å². The van der Waals surface area contributed by atoms with Crippen molar-refractivity contribution in [1.29, 1.82) is 0 Å². The van der Waals surface area contributed by atoms with Gasteiger partial charge < -0.3 is 4.42 Å². The number of hydrogen-bond acceptors (Lipinski definition) is 1. The minimum absolute atomic E-state index is 0.481. The van der Waals surface area contributed by atoms with E-state index in [4.69, 9.17) is 4.42 Å². The molecule has 0 atom stereocenters. The van der Waals surface area contributed by atoms with Crippen molar-refractivity contribution < 1.29 is 4.42 Å². The Morgan fingerprint density at radius 3 is 1.68 bits per heavy atom. The average Bonchev–Trinajstić information content (AvgIpc) is 3.57. The lowest BCUT2D eigenvalue weighted by molar-refractivity contribution is 0.485. The number of aryl methyl sites for hydroxylation is 1. The van der Waals surface area contributed by atoms with Crippen molar-refractivity contribution in [3.63, 3.8) is 0 Å². The van der Waals surface area contributed by atoms with Gasteiger partial charge in [0.15, 0.2) is 0 Å². The Morgan fingerprint density at radius 2 is 1.03 bits per heavy atom. The molecule has 1 aromatic heterocycles. The summed E-state index contributed by atoms with van der Waals surface area (Å²) >= 11 is 0. The van der Waals surface area contributed by atoms with Gasteiger partial charge in [-0.15, -0.1) is 0 Å². The standard InChI is InChI=1S/C36H24O/c1-23-12-11-15-25(22-23)32-33-28-18-7-10-21-31(28)36(35(33)37-34(32)24-13-3-2-4-14-24)29-19-8-5-16-26(29)27-17-6-9-20-30(27)36/h2-22H,1H3. The molecule has 0 saturated heterocycles. The van der Waals surface area contributed by atoms with E-state index in [2.05, 4.69) is 134 Å². The van der Waals surface area contributed by atoms with Crippen LogP contribution in [0, 0.1) is 6.92 Å². The molecule has 1 nitrogen and oxygen atoms in total. The molecule has 1 heteroatoms. The van der Waals surface area contributed by atoms with Crippen molar-refractivity contribution in [2.45, 2.75) is 12.3 Å². The summed E-state index contributed by atoms with van der Waals surface area (Å²) in [4.78, 5) is 0. The van der Waals surface area contributed by atoms with Crippen LogP contribution >= 0.6 is 0 Å². The van der Waals surface area contributed by atoms with Crippen molar-refractivity contribution in [1.82, 2.24) is 0 Å². The smallest absolute Gasteiger partial charge is 0.142 e. The van der Waals surface area contributed by atoms with Gasteiger partial charge >= 0.3 is 0 Å². The summed E-state index contributed by atoms with van der Waals surface area (Å²) < 4.78 is 7.17. The third kappa shape index (κ3) is 2.58. The summed E-state index contributed by atoms with van der Waals surface area (Å²) in [5.74, 6) is 1.97. The molecule has 0 N–H and O–H groups in total. The molecule has 8 rings (SSSR count). The highest BCUT2D eigenvalue weighted by atomic mass is 16.3. The maximum absolute atomic E-state index is 7.17. The highest BCUT2D eigenvalue weighted by Crippen LogP contribution is 2.65. The van der Waals surface area contributed by atoms with Crippen molar-refractivity contribution in [3.05, 3.63) is 155 Å². The van der Waals surface area contributed by atoms with Crippen LogP contribution in [-0.4, -0.2) is 0 Å². The fraction of sp³-hybridized carbons (Fsp3) is 0.0556. The van der Waals surface area contributed by atoms with Crippen molar-refractivity contribution in [2.75, 3.05) is 0 Å². The summed E-state index contributed by atoms with van der Waals surface area (Å²) in [7, 11) is 0. The SMILES string of the molecule is Cc1cccc(-c2c(-c3ccccc3)oc3c2-c2ccccc2C32c3ccccc3-c3ccccc32)c1. The number of furan rings is 1. The largest absolute Gasteiger partial charge is 0.458 e. The van der Waals surface area contributed by atoms with E-state index in [1.807, 2.05) is 0 Å². The van der Waals surface area contributed by atoms with Crippen LogP contribution in [0.3, 0.4) is 0 Å². The van der Waals surface area contributed by atoms with E-state index in [0.717, 1.165) is 17.1 Å². The van der Waals surface area contributed by atoms with Gasteiger partial charge in [0, 0.05) is 16.7 Å². The number of benzene rings is 5. The van der Waals surface area contributed by atoms with Crippen LogP contribution in [0.4, 0.5) is 0 Å². The van der Waals surface area contributed by atoms with Crippen molar-refractivity contribution >= 4 is 0 Å². The molecule has 0 radical (unpaired) electrons. The molecule has 0 fully saturated rings. The molecule has 37 heavy (non-hydrogen) atoms. The Kier molecular flexibility index (Phi) is 4.14. The Balaban J connectivity index is 1.58. The van der Waals surface area contributed by atoms with Crippen LogP contribution < -0.4 is 0 Å². The molecule has 0 bridgehead atoms. The zero-order chi connectivity index (χ0) is 24.6. The highest BCUT2D eigenvalue weighted by molar-refractivity contribution is 6.02. The Morgan fingerprint density at radius 1 is 0.486 bits per heavy atom. The minimum atomic E-state index is -0.481. The average molecular weight is 473 g/mol. The molecule has 5 aromatic carbocycles. The van der Waals surface area contributed by atoms with Gasteiger partial charge in [-0.1, -0.05) is 133 Å². The monoisotopic (exact) mass is 472 g/mol. The molecule has 1 spiro atoms. The van der Waals surface area contributed by atoms with Crippen LogP contribution in [0.25, 0.3) is 44.7 Å². The predicted molar refractivity (Wildman–Crippen MR) is 151 cm³/mol. The van der Waals surface area contributed by atoms with E-state index in [0.29, 0.717) is 0 Å². The van der Waals surface area contributed by atoms with Gasteiger partial charge in [0.05, 0.1) is 0 Å². The first-order valence-corrected chi connectivity index (χ1v) is 12.9. The quantitative estimate of drug-likeness (QED) is 0.244. The molecule has 6 aromatic rings. The summed E-state index contributed by atoms with van der Waals surface area (Å²) in [5, 5.41) is 0. The van der Waals surface area contributed by atoms with Gasteiger partial charge in [-0.2, -0.15) is 0 Å². The van der Waals surface area contributed by atoms with Crippen LogP contribution in [0.5, 0.6) is 0 Å². The number of rotatable bonds is 2. The molecule has 0 amide bonds. The zero-order valence-corrected chi connectivity index (χ0v) is 20.5. The molecular weight excluding hydrogens is 448 g/mol. The number of fused-ring (bicyclic) bond motifs is 10. The van der Waals surface area contributed by atoms with E-state index < -0.39 is 5.41 Å². The van der Waals surface area contributed by atoms with E-state index >= 15 is 0 Å². The third-order valence-corrected chi connectivity index (χ3v) is 8.14. The van der Waals surface area contributed by atoms with E-state index in [1.165, 1.54) is 55.6 Å². The van der Waals surface area contributed by atoms with Crippen LogP contribution in [0.15, 0.2) is 132 Å². The van der Waals surface area contributed by atoms with Crippen LogP contribution in [-0.2, 0) is 5.41 Å². The van der Waals surface area contributed by atoms with E-state index in [-0.39, 0.29) is 0 Å². The Hall–Kier alpha value is -4.62. The second kappa shape index (κ2) is 7.44. The minimum Gasteiger partial charge on any atom is -0.458 e. The topological polar surface area (TPSA) is 13.1 Å². The lowest BCUT2D eigenvalue weighted by Gasteiger charge is -2.28. The molecule has 1 heterocycles. The lowest BCUT2D eigenvalue weighted by Crippen LogP contribution is -2.25. The highest BCUT2D eigenvalue weighted by Gasteiger charge is 2.55. The molecule has 174 valence electrons. The molecule has 0 saturated carbocycles. The van der Waals surface area contributed by atoms with Gasteiger partial charge in [-0.25, -0.2) is 0 Å². The summed E-state index contributed by atoms with van der Waals surface area (Å²) in [5.41, 5.74) is 13.2. The number of hydrogen-bond donors (Lipinski definition) is 0. The first-order chi connectivity index (χ1) is 18.3. The molecule has 2 aliphatic carbocycles. The normalized spacial score (nSPS) is 13.8. The van der Waals surface area contributed by atoms with Gasteiger partial charge in [-0.05, 0) is 45.9 Å². The maximum Gasteiger partial charge on any atom is 0.142 e. The van der Waals surface area contributed by atoms with Crippen molar-refractivity contribution in [2.24, 2.45) is 0 Å². The summed E-state index contributed by atoms with van der Waals surface area (Å²) in [6, 6.07) is 46.0.